The van der Waals surface area contributed by atoms with E-state index in [1.165, 1.54) is 0 Å². The van der Waals surface area contributed by atoms with Crippen LogP contribution < -0.4 is 5.32 Å². The molecule has 5 heteroatoms. The number of nitrogens with one attached hydrogen (secondary N) is 1. The fourth-order valence-corrected chi connectivity index (χ4v) is 2.12. The minimum atomic E-state index is -4.06. The van der Waals surface area contributed by atoms with Crippen LogP contribution in [0.2, 0.25) is 0 Å². The van der Waals surface area contributed by atoms with Crippen LogP contribution in [0.1, 0.15) is 33.1 Å². The van der Waals surface area contributed by atoms with E-state index in [0.717, 1.165) is 19.4 Å². The fraction of sp³-hybridized carbons (Fsp3) is 1.00. The van der Waals surface area contributed by atoms with Gasteiger partial charge < -0.3 is 10.2 Å². The van der Waals surface area contributed by atoms with Gasteiger partial charge in [-0.2, -0.15) is 13.2 Å². The Balaban J connectivity index is 4.25. The first-order valence-corrected chi connectivity index (χ1v) is 6.18. The van der Waals surface area contributed by atoms with E-state index in [4.69, 9.17) is 0 Å². The molecule has 0 aliphatic carbocycles. The molecule has 0 atom stereocenters. The fourth-order valence-electron chi connectivity index (χ4n) is 2.12. The Morgan fingerprint density at radius 1 is 1.12 bits per heavy atom. The van der Waals surface area contributed by atoms with E-state index < -0.39 is 12.6 Å². The molecule has 0 aromatic rings. The molecule has 0 heterocycles. The molecule has 0 amide bonds. The van der Waals surface area contributed by atoms with E-state index in [1.807, 2.05) is 7.05 Å². The minimum absolute atomic E-state index is 0.0783. The molecular formula is C12H25F3N2. The zero-order valence-electron chi connectivity index (χ0n) is 11.3. The molecule has 0 saturated heterocycles. The van der Waals surface area contributed by atoms with Crippen molar-refractivity contribution in [3.63, 3.8) is 0 Å². The number of rotatable bonds is 8. The normalized spacial score (nSPS) is 13.4. The van der Waals surface area contributed by atoms with Crippen molar-refractivity contribution >= 4 is 0 Å². The zero-order valence-corrected chi connectivity index (χ0v) is 11.3. The van der Waals surface area contributed by atoms with Gasteiger partial charge in [0.2, 0.25) is 0 Å². The number of nitrogens with zero attached hydrogens (tertiary/aromatic N) is 1. The average Bonchev–Trinajstić information content (AvgIpc) is 2.25. The molecule has 0 saturated carbocycles. The minimum Gasteiger partial charge on any atom is -0.319 e. The Kier molecular flexibility index (Phi) is 7.09. The van der Waals surface area contributed by atoms with E-state index in [9.17, 15) is 13.2 Å². The highest BCUT2D eigenvalue weighted by molar-refractivity contribution is 4.81. The van der Waals surface area contributed by atoms with Gasteiger partial charge in [0.1, 0.15) is 0 Å². The van der Waals surface area contributed by atoms with Crippen LogP contribution in [-0.4, -0.2) is 44.8 Å². The molecule has 0 aromatic heterocycles. The van der Waals surface area contributed by atoms with Gasteiger partial charge in [-0.1, -0.05) is 13.8 Å². The van der Waals surface area contributed by atoms with Crippen LogP contribution in [0.25, 0.3) is 0 Å². The summed E-state index contributed by atoms with van der Waals surface area (Å²) in [5, 5.41) is 3.14. The molecule has 0 aromatic carbocycles. The summed E-state index contributed by atoms with van der Waals surface area (Å²) in [6.45, 7) is 5.82. The molecule has 1 N–H and O–H groups in total. The third-order valence-corrected chi connectivity index (χ3v) is 3.43. The van der Waals surface area contributed by atoms with Crippen molar-refractivity contribution in [3.05, 3.63) is 0 Å². The van der Waals surface area contributed by atoms with E-state index in [1.54, 1.807) is 11.9 Å². The van der Waals surface area contributed by atoms with Crippen molar-refractivity contribution < 1.29 is 13.2 Å². The third-order valence-electron chi connectivity index (χ3n) is 3.43. The van der Waals surface area contributed by atoms with Crippen LogP contribution in [0.15, 0.2) is 0 Å². The number of alkyl halides is 3. The van der Waals surface area contributed by atoms with Gasteiger partial charge in [-0.15, -0.1) is 0 Å². The highest BCUT2D eigenvalue weighted by Gasteiger charge is 2.30. The van der Waals surface area contributed by atoms with Gasteiger partial charge in [-0.05, 0) is 32.4 Å². The zero-order chi connectivity index (χ0) is 13.5. The first-order valence-electron chi connectivity index (χ1n) is 6.18. The summed E-state index contributed by atoms with van der Waals surface area (Å²) in [6.07, 6.45) is -2.84. The molecule has 104 valence electrons. The van der Waals surface area contributed by atoms with E-state index in [0.29, 0.717) is 6.54 Å². The maximum atomic E-state index is 12.1. The second-order valence-electron chi connectivity index (χ2n) is 4.84. The molecule has 0 spiro atoms. The Labute approximate surface area is 103 Å². The molecule has 0 bridgehead atoms. The number of halogens is 3. The topological polar surface area (TPSA) is 15.3 Å². The van der Waals surface area contributed by atoms with Crippen molar-refractivity contribution in [2.75, 3.05) is 33.7 Å². The van der Waals surface area contributed by atoms with Crippen LogP contribution in [0.4, 0.5) is 13.2 Å². The largest absolute Gasteiger partial charge is 0.390 e. The highest BCUT2D eigenvalue weighted by atomic mass is 19.4. The maximum Gasteiger partial charge on any atom is 0.390 e. The second kappa shape index (κ2) is 7.21. The van der Waals surface area contributed by atoms with E-state index in [2.05, 4.69) is 19.2 Å². The Hall–Kier alpha value is -0.290. The number of hydrogen-bond donors (Lipinski definition) is 1. The van der Waals surface area contributed by atoms with E-state index >= 15 is 0 Å². The summed E-state index contributed by atoms with van der Waals surface area (Å²) in [7, 11) is 3.65. The number of hydrogen-bond acceptors (Lipinski definition) is 2. The van der Waals surface area contributed by atoms with Gasteiger partial charge in [0.05, 0.1) is 6.42 Å². The van der Waals surface area contributed by atoms with Crippen LogP contribution in [-0.2, 0) is 0 Å². The molecule has 0 radical (unpaired) electrons. The van der Waals surface area contributed by atoms with Crippen LogP contribution >= 0.6 is 0 Å². The van der Waals surface area contributed by atoms with Gasteiger partial charge in [0.15, 0.2) is 0 Å². The summed E-state index contributed by atoms with van der Waals surface area (Å²) < 4.78 is 36.4. The van der Waals surface area contributed by atoms with Crippen LogP contribution in [0, 0.1) is 5.41 Å². The second-order valence-corrected chi connectivity index (χ2v) is 4.84. The molecule has 0 unspecified atom stereocenters. The Morgan fingerprint density at radius 2 is 1.65 bits per heavy atom. The molecule has 17 heavy (non-hydrogen) atoms. The average molecular weight is 254 g/mol. The summed E-state index contributed by atoms with van der Waals surface area (Å²) in [5.74, 6) is 0. The van der Waals surface area contributed by atoms with Gasteiger partial charge in [-0.25, -0.2) is 0 Å². The van der Waals surface area contributed by atoms with Crippen molar-refractivity contribution in [2.24, 2.45) is 5.41 Å². The molecule has 0 fully saturated rings. The quantitative estimate of drug-likeness (QED) is 0.716. The summed E-state index contributed by atoms with van der Waals surface area (Å²) in [5.41, 5.74) is 0.0785. The summed E-state index contributed by atoms with van der Waals surface area (Å²) in [4.78, 5) is 1.79. The summed E-state index contributed by atoms with van der Waals surface area (Å²) in [6, 6.07) is 0. The van der Waals surface area contributed by atoms with Crippen LogP contribution in [0.3, 0.4) is 0 Å². The molecular weight excluding hydrogens is 229 g/mol. The lowest BCUT2D eigenvalue weighted by molar-refractivity contribution is -0.138. The van der Waals surface area contributed by atoms with Crippen LogP contribution in [0.5, 0.6) is 0 Å². The predicted octanol–water partition coefficient (Wildman–Crippen LogP) is 2.90. The lowest BCUT2D eigenvalue weighted by atomic mass is 9.81. The van der Waals surface area contributed by atoms with Gasteiger partial charge >= 0.3 is 6.18 Å². The predicted molar refractivity (Wildman–Crippen MR) is 65.1 cm³/mol. The highest BCUT2D eigenvalue weighted by Crippen LogP contribution is 2.27. The molecule has 0 aliphatic heterocycles. The Morgan fingerprint density at radius 3 is 2.00 bits per heavy atom. The van der Waals surface area contributed by atoms with E-state index in [-0.39, 0.29) is 12.0 Å². The smallest absolute Gasteiger partial charge is 0.319 e. The van der Waals surface area contributed by atoms with Crippen molar-refractivity contribution in [1.82, 2.24) is 10.2 Å². The maximum absolute atomic E-state index is 12.1. The van der Waals surface area contributed by atoms with Gasteiger partial charge in [0, 0.05) is 19.6 Å². The third kappa shape index (κ3) is 6.88. The van der Waals surface area contributed by atoms with Crippen molar-refractivity contribution in [3.8, 4) is 0 Å². The lowest BCUT2D eigenvalue weighted by Gasteiger charge is -2.35. The lowest BCUT2D eigenvalue weighted by Crippen LogP contribution is -2.42. The van der Waals surface area contributed by atoms with Crippen molar-refractivity contribution in [1.29, 1.82) is 0 Å². The Bertz CT molecular complexity index is 200. The van der Waals surface area contributed by atoms with Gasteiger partial charge in [-0.3, -0.25) is 0 Å². The first kappa shape index (κ1) is 16.7. The standard InChI is InChI=1S/C12H25F3N2/c1-5-11(6-2,9-16-3)10-17(4)8-7-12(13,14)15/h16H,5-10H2,1-4H3. The molecule has 0 aliphatic rings. The molecule has 0 rings (SSSR count). The monoisotopic (exact) mass is 254 g/mol. The molecule has 2 nitrogen and oxygen atoms in total. The summed E-state index contributed by atoms with van der Waals surface area (Å²) >= 11 is 0. The van der Waals surface area contributed by atoms with Crippen molar-refractivity contribution in [2.45, 2.75) is 39.3 Å². The van der Waals surface area contributed by atoms with Gasteiger partial charge in [0.25, 0.3) is 0 Å². The SMILES string of the molecule is CCC(CC)(CNC)CN(C)CCC(F)(F)F. The first-order chi connectivity index (χ1) is 7.78.